The van der Waals surface area contributed by atoms with E-state index in [4.69, 9.17) is 4.74 Å². The zero-order chi connectivity index (χ0) is 17.3. The smallest absolute Gasteiger partial charge is 0.212 e. The highest BCUT2D eigenvalue weighted by molar-refractivity contribution is 7.89. The first-order valence-electron chi connectivity index (χ1n) is 6.80. The second-order valence-corrected chi connectivity index (χ2v) is 6.51. The molecule has 0 saturated heterocycles. The molecule has 1 rings (SSSR count). The van der Waals surface area contributed by atoms with Crippen LogP contribution in [-0.2, 0) is 16.6 Å². The molecule has 0 aliphatic rings. The van der Waals surface area contributed by atoms with E-state index < -0.39 is 15.9 Å². The summed E-state index contributed by atoms with van der Waals surface area (Å²) in [6.45, 7) is 3.21. The lowest BCUT2D eigenvalue weighted by molar-refractivity contribution is 0.414. The third-order valence-corrected chi connectivity index (χ3v) is 4.19. The predicted octanol–water partition coefficient (Wildman–Crippen LogP) is 2.09. The third kappa shape index (κ3) is 7.66. The zero-order valence-corrected chi connectivity index (χ0v) is 13.9. The van der Waals surface area contributed by atoms with Crippen LogP contribution in [-0.4, -0.2) is 40.4 Å². The van der Waals surface area contributed by atoms with Crippen molar-refractivity contribution in [2.75, 3.05) is 19.9 Å². The minimum Gasteiger partial charge on any atom is -0.497 e. The molecule has 0 atom stereocenters. The second-order valence-electron chi connectivity index (χ2n) is 4.58. The first-order chi connectivity index (χ1) is 10.9. The van der Waals surface area contributed by atoms with Crippen LogP contribution in [0, 0.1) is 0 Å². The van der Waals surface area contributed by atoms with Gasteiger partial charge in [-0.3, -0.25) is 4.99 Å². The Kier molecular flexibility index (Phi) is 7.56. The number of hydrogen-bond donors (Lipinski definition) is 1. The summed E-state index contributed by atoms with van der Waals surface area (Å²) in [7, 11) is -0.467. The molecule has 23 heavy (non-hydrogen) atoms. The maximum Gasteiger partial charge on any atom is 0.212 e. The number of nitrogens with zero attached hydrogens (tertiary/aromatic N) is 2. The van der Waals surface area contributed by atoms with E-state index in [2.05, 4.69) is 21.3 Å². The van der Waals surface area contributed by atoms with Crippen molar-refractivity contribution < 1.29 is 17.5 Å². The van der Waals surface area contributed by atoms with Crippen molar-refractivity contribution in [2.45, 2.75) is 13.0 Å². The molecule has 0 spiro atoms. The molecule has 0 aliphatic heterocycles. The molecule has 0 bridgehead atoms. The van der Waals surface area contributed by atoms with Gasteiger partial charge < -0.3 is 4.74 Å². The molecule has 0 amide bonds. The average molecular weight is 341 g/mol. The van der Waals surface area contributed by atoms with E-state index in [1.165, 1.54) is 7.05 Å². The van der Waals surface area contributed by atoms with Gasteiger partial charge in [0.05, 0.1) is 19.1 Å². The highest BCUT2D eigenvalue weighted by Gasteiger charge is 2.11. The van der Waals surface area contributed by atoms with Crippen LogP contribution in [0.5, 0.6) is 5.75 Å². The molecule has 0 saturated carbocycles. The number of methoxy groups -OCH3 is 1. The van der Waals surface area contributed by atoms with E-state index in [-0.39, 0.29) is 24.6 Å². The van der Waals surface area contributed by atoms with Crippen LogP contribution in [0.3, 0.4) is 0 Å². The molecule has 0 fully saturated rings. The van der Waals surface area contributed by atoms with Crippen molar-refractivity contribution in [1.29, 1.82) is 0 Å². The van der Waals surface area contributed by atoms with Gasteiger partial charge in [-0.1, -0.05) is 18.7 Å². The predicted molar refractivity (Wildman–Crippen MR) is 90.3 cm³/mol. The Morgan fingerprint density at radius 1 is 1.39 bits per heavy atom. The molecule has 8 heteroatoms. The van der Waals surface area contributed by atoms with Gasteiger partial charge in [0.2, 0.25) is 10.0 Å². The van der Waals surface area contributed by atoms with Gasteiger partial charge in [-0.15, -0.1) is 0 Å². The molecule has 1 N–H and O–H groups in total. The van der Waals surface area contributed by atoms with Gasteiger partial charge in [0.25, 0.3) is 0 Å². The van der Waals surface area contributed by atoms with Crippen LogP contribution < -0.4 is 9.46 Å². The largest absolute Gasteiger partial charge is 0.497 e. The highest BCUT2D eigenvalue weighted by atomic mass is 32.2. The normalized spacial score (nSPS) is 12.6. The summed E-state index contributed by atoms with van der Waals surface area (Å²) in [4.78, 5) is 7.53. The van der Waals surface area contributed by atoms with Crippen molar-refractivity contribution in [3.8, 4) is 5.75 Å². The lowest BCUT2D eigenvalue weighted by Gasteiger charge is -2.07. The Labute approximate surface area is 135 Å². The molecule has 0 radical (unpaired) electrons. The summed E-state index contributed by atoms with van der Waals surface area (Å²) in [6, 6.07) is 7.06. The van der Waals surface area contributed by atoms with Crippen LogP contribution in [0.15, 0.2) is 46.7 Å². The van der Waals surface area contributed by atoms with Crippen LogP contribution in [0.25, 0.3) is 0 Å². The topological polar surface area (TPSA) is 80.1 Å². The van der Waals surface area contributed by atoms with Crippen molar-refractivity contribution in [3.63, 3.8) is 0 Å². The number of ether oxygens (including phenoxy) is 1. The molecule has 126 valence electrons. The van der Waals surface area contributed by atoms with Crippen LogP contribution in [0.1, 0.15) is 12.0 Å². The lowest BCUT2D eigenvalue weighted by Crippen LogP contribution is -2.27. The fourth-order valence-corrected chi connectivity index (χ4v) is 2.60. The number of allylic oxidation sites excluding steroid dienone is 1. The summed E-state index contributed by atoms with van der Waals surface area (Å²) in [5.41, 5.74) is 0.811. The molecular formula is C15H20FN3O3S. The quantitative estimate of drug-likeness (QED) is 0.581. The van der Waals surface area contributed by atoms with Gasteiger partial charge in [0, 0.05) is 20.0 Å². The summed E-state index contributed by atoms with van der Waals surface area (Å²) >= 11 is 0. The Morgan fingerprint density at radius 3 is 2.57 bits per heavy atom. The van der Waals surface area contributed by atoms with Crippen LogP contribution in [0.2, 0.25) is 0 Å². The molecule has 0 aliphatic carbocycles. The zero-order valence-electron chi connectivity index (χ0n) is 13.1. The van der Waals surface area contributed by atoms with E-state index in [1.54, 1.807) is 31.4 Å². The number of nitrogens with one attached hydrogen (secondary N) is 1. The number of benzene rings is 1. The van der Waals surface area contributed by atoms with E-state index >= 15 is 0 Å². The fourth-order valence-electron chi connectivity index (χ4n) is 1.61. The van der Waals surface area contributed by atoms with E-state index in [9.17, 15) is 12.8 Å². The van der Waals surface area contributed by atoms with Crippen molar-refractivity contribution in [3.05, 3.63) is 42.2 Å². The Hall–Kier alpha value is -2.06. The number of aliphatic imine (C=N–C) groups is 2. The highest BCUT2D eigenvalue weighted by Crippen LogP contribution is 2.11. The molecule has 0 unspecified atom stereocenters. The first kappa shape index (κ1) is 19.0. The molecule has 0 aromatic heterocycles. The van der Waals surface area contributed by atoms with Gasteiger partial charge in [-0.05, 0) is 17.7 Å². The molecule has 6 nitrogen and oxygen atoms in total. The number of amidine groups is 1. The maximum absolute atomic E-state index is 12.5. The summed E-state index contributed by atoms with van der Waals surface area (Å²) in [6.07, 6.45) is 0.984. The first-order valence-corrected chi connectivity index (χ1v) is 8.46. The number of halogens is 1. The monoisotopic (exact) mass is 341 g/mol. The van der Waals surface area contributed by atoms with Gasteiger partial charge in [-0.25, -0.2) is 22.5 Å². The summed E-state index contributed by atoms with van der Waals surface area (Å²) in [5.74, 6) is 0.0318. The van der Waals surface area contributed by atoms with E-state index in [1.807, 2.05) is 0 Å². The van der Waals surface area contributed by atoms with Gasteiger partial charge in [-0.2, -0.15) is 0 Å². The number of hydrogen-bond acceptors (Lipinski definition) is 4. The molecular weight excluding hydrogens is 321 g/mol. The van der Waals surface area contributed by atoms with Gasteiger partial charge in [0.1, 0.15) is 17.4 Å². The van der Waals surface area contributed by atoms with Crippen molar-refractivity contribution >= 4 is 22.1 Å². The fraction of sp³-hybridized carbons (Fsp3) is 0.333. The maximum atomic E-state index is 12.5. The standard InChI is InChI=1S/C15H20FN3O3S/c1-12(16)10-18-15(17-2)8-9-23(20,21)19-11-13-4-6-14(22-3)7-5-13/h4-7,10,19H,1,8-9,11H2,2-3H3/b17-15-,18-10-. The van der Waals surface area contributed by atoms with E-state index in [0.717, 1.165) is 11.8 Å². The van der Waals surface area contributed by atoms with Gasteiger partial charge in [0.15, 0.2) is 0 Å². The Morgan fingerprint density at radius 2 is 2.04 bits per heavy atom. The summed E-state index contributed by atoms with van der Waals surface area (Å²) in [5, 5.41) is 0. The van der Waals surface area contributed by atoms with Crippen LogP contribution in [0.4, 0.5) is 4.39 Å². The molecule has 1 aromatic carbocycles. The van der Waals surface area contributed by atoms with Crippen molar-refractivity contribution in [2.24, 2.45) is 9.98 Å². The van der Waals surface area contributed by atoms with E-state index in [0.29, 0.717) is 5.75 Å². The molecule has 0 heterocycles. The van der Waals surface area contributed by atoms with Crippen LogP contribution >= 0.6 is 0 Å². The third-order valence-electron chi connectivity index (χ3n) is 2.86. The SMILES string of the molecule is C=C(F)/C=N\C(CCS(=O)(=O)NCc1ccc(OC)cc1)=N/C. The minimum atomic E-state index is -3.49. The molecule has 1 aromatic rings. The lowest BCUT2D eigenvalue weighted by atomic mass is 10.2. The van der Waals surface area contributed by atoms with Crippen molar-refractivity contribution in [1.82, 2.24) is 4.72 Å². The second kappa shape index (κ2) is 9.16. The number of sulfonamides is 1. The Balaban J connectivity index is 2.53. The summed E-state index contributed by atoms with van der Waals surface area (Å²) < 4.78 is 43.9. The average Bonchev–Trinajstić information content (AvgIpc) is 2.53. The number of rotatable bonds is 8. The minimum absolute atomic E-state index is 0.0816. The Bertz CT molecular complexity index is 682. The van der Waals surface area contributed by atoms with Gasteiger partial charge >= 0.3 is 0 Å².